The molecule has 1 fully saturated rings. The summed E-state index contributed by atoms with van der Waals surface area (Å²) in [6.45, 7) is 0. The van der Waals surface area contributed by atoms with Gasteiger partial charge in [-0.05, 0) is 30.9 Å². The van der Waals surface area contributed by atoms with E-state index in [4.69, 9.17) is 11.6 Å². The number of halogens is 1. The lowest BCUT2D eigenvalue weighted by molar-refractivity contribution is 0.560. The van der Waals surface area contributed by atoms with Crippen LogP contribution < -0.4 is 11.0 Å². The summed E-state index contributed by atoms with van der Waals surface area (Å²) in [5.41, 5.74) is 0.194. The summed E-state index contributed by atoms with van der Waals surface area (Å²) in [5, 5.41) is 13.8. The van der Waals surface area contributed by atoms with Crippen LogP contribution in [-0.4, -0.2) is 31.7 Å². The molecule has 0 radical (unpaired) electrons. The molecule has 0 aliphatic heterocycles. The Kier molecular flexibility index (Phi) is 2.95. The number of aromatic nitrogens is 4. The predicted molar refractivity (Wildman–Crippen MR) is 69.1 cm³/mol. The molecular formula is C11H14ClN5O. The van der Waals surface area contributed by atoms with Crippen molar-refractivity contribution in [3.05, 3.63) is 22.6 Å². The zero-order chi connectivity index (χ0) is 12.5. The van der Waals surface area contributed by atoms with E-state index in [1.165, 1.54) is 10.9 Å². The van der Waals surface area contributed by atoms with Gasteiger partial charge < -0.3 is 5.32 Å². The summed E-state index contributed by atoms with van der Waals surface area (Å²) >= 11 is 5.94. The first-order valence-electron chi connectivity index (χ1n) is 6.05. The maximum absolute atomic E-state index is 11.4. The minimum absolute atomic E-state index is 0.325. The number of nitrogens with zero attached hydrogens (tertiary/aromatic N) is 3. The van der Waals surface area contributed by atoms with Crippen LogP contribution in [0.1, 0.15) is 19.3 Å². The van der Waals surface area contributed by atoms with Crippen molar-refractivity contribution in [2.45, 2.75) is 25.3 Å². The molecule has 0 bridgehead atoms. The Morgan fingerprint density at radius 1 is 1.50 bits per heavy atom. The second-order valence-corrected chi connectivity index (χ2v) is 4.92. The van der Waals surface area contributed by atoms with E-state index in [1.54, 1.807) is 6.07 Å². The topological polar surface area (TPSA) is 75.1 Å². The molecule has 18 heavy (non-hydrogen) atoms. The van der Waals surface area contributed by atoms with Gasteiger partial charge in [0.1, 0.15) is 5.82 Å². The SMILES string of the molecule is O=c1[nH]nc2ccc(NC3CCCC3CCl)nn12. The summed E-state index contributed by atoms with van der Waals surface area (Å²) in [6.07, 6.45) is 3.43. The van der Waals surface area contributed by atoms with E-state index in [-0.39, 0.29) is 5.69 Å². The van der Waals surface area contributed by atoms with Crippen LogP contribution in [0.5, 0.6) is 0 Å². The number of hydrogen-bond acceptors (Lipinski definition) is 4. The van der Waals surface area contributed by atoms with Gasteiger partial charge in [0.05, 0.1) is 0 Å². The third kappa shape index (κ3) is 1.96. The van der Waals surface area contributed by atoms with Crippen LogP contribution in [0.25, 0.3) is 5.65 Å². The minimum Gasteiger partial charge on any atom is -0.366 e. The lowest BCUT2D eigenvalue weighted by Gasteiger charge is -2.19. The Morgan fingerprint density at radius 3 is 3.22 bits per heavy atom. The molecule has 0 saturated heterocycles. The highest BCUT2D eigenvalue weighted by Gasteiger charge is 2.26. The second-order valence-electron chi connectivity index (χ2n) is 4.61. The van der Waals surface area contributed by atoms with Gasteiger partial charge in [-0.1, -0.05) is 6.42 Å². The standard InChI is InChI=1S/C11H14ClN5O/c12-6-7-2-1-3-8(7)13-9-4-5-10-14-15-11(18)17(10)16-9/h4-5,7-8H,1-3,6H2,(H,13,16)(H,15,18). The van der Waals surface area contributed by atoms with E-state index >= 15 is 0 Å². The van der Waals surface area contributed by atoms with Gasteiger partial charge in [-0.25, -0.2) is 9.89 Å². The highest BCUT2D eigenvalue weighted by atomic mass is 35.5. The Balaban J connectivity index is 1.86. The molecule has 3 rings (SSSR count). The maximum Gasteiger partial charge on any atom is 0.364 e. The molecule has 96 valence electrons. The van der Waals surface area contributed by atoms with Crippen molar-refractivity contribution < 1.29 is 0 Å². The van der Waals surface area contributed by atoms with Crippen LogP contribution in [0.3, 0.4) is 0 Å². The van der Waals surface area contributed by atoms with Crippen LogP contribution in [0, 0.1) is 5.92 Å². The number of H-pyrrole nitrogens is 1. The molecule has 7 heteroatoms. The van der Waals surface area contributed by atoms with Gasteiger partial charge in [-0.15, -0.1) is 16.7 Å². The van der Waals surface area contributed by atoms with Crippen molar-refractivity contribution in [3.63, 3.8) is 0 Å². The smallest absolute Gasteiger partial charge is 0.364 e. The Morgan fingerprint density at radius 2 is 2.39 bits per heavy atom. The van der Waals surface area contributed by atoms with Crippen LogP contribution in [0.2, 0.25) is 0 Å². The van der Waals surface area contributed by atoms with Gasteiger partial charge in [0.25, 0.3) is 0 Å². The monoisotopic (exact) mass is 267 g/mol. The van der Waals surface area contributed by atoms with E-state index in [9.17, 15) is 4.79 Å². The average Bonchev–Trinajstić information content (AvgIpc) is 2.97. The number of fused-ring (bicyclic) bond motifs is 1. The quantitative estimate of drug-likeness (QED) is 0.821. The molecule has 1 saturated carbocycles. The fourth-order valence-electron chi connectivity index (χ4n) is 2.48. The van der Waals surface area contributed by atoms with Gasteiger partial charge in [0.2, 0.25) is 0 Å². The number of rotatable bonds is 3. The van der Waals surface area contributed by atoms with Gasteiger partial charge in [0, 0.05) is 11.9 Å². The second kappa shape index (κ2) is 4.61. The zero-order valence-electron chi connectivity index (χ0n) is 9.77. The van der Waals surface area contributed by atoms with Crippen molar-refractivity contribution in [1.82, 2.24) is 19.8 Å². The van der Waals surface area contributed by atoms with Crippen molar-refractivity contribution in [3.8, 4) is 0 Å². The fraction of sp³-hybridized carbons (Fsp3) is 0.545. The maximum atomic E-state index is 11.4. The molecule has 6 nitrogen and oxygen atoms in total. The van der Waals surface area contributed by atoms with Gasteiger partial charge >= 0.3 is 5.69 Å². The predicted octanol–water partition coefficient (Wildman–Crippen LogP) is 1.24. The number of aromatic amines is 1. The summed E-state index contributed by atoms with van der Waals surface area (Å²) in [5.74, 6) is 1.82. The zero-order valence-corrected chi connectivity index (χ0v) is 10.5. The van der Waals surface area contributed by atoms with Crippen molar-refractivity contribution in [1.29, 1.82) is 0 Å². The first-order valence-corrected chi connectivity index (χ1v) is 6.58. The van der Waals surface area contributed by atoms with Crippen LogP contribution in [0.4, 0.5) is 5.82 Å². The molecule has 1 aliphatic carbocycles. The number of nitrogens with one attached hydrogen (secondary N) is 2. The minimum atomic E-state index is -0.325. The molecule has 2 unspecified atom stereocenters. The number of hydrogen-bond donors (Lipinski definition) is 2. The van der Waals surface area contributed by atoms with Gasteiger partial charge in [-0.2, -0.15) is 9.61 Å². The van der Waals surface area contributed by atoms with Gasteiger partial charge in [-0.3, -0.25) is 0 Å². The van der Waals surface area contributed by atoms with Crippen LogP contribution in [-0.2, 0) is 0 Å². The van der Waals surface area contributed by atoms with Crippen molar-refractivity contribution in [2.24, 2.45) is 5.92 Å². The third-order valence-corrected chi connectivity index (χ3v) is 3.86. The molecule has 2 N–H and O–H groups in total. The third-order valence-electron chi connectivity index (χ3n) is 3.46. The Bertz CT molecular complexity index is 607. The van der Waals surface area contributed by atoms with Crippen molar-refractivity contribution >= 4 is 23.1 Å². The van der Waals surface area contributed by atoms with Crippen molar-refractivity contribution in [2.75, 3.05) is 11.2 Å². The Hall–Kier alpha value is -1.56. The lowest BCUT2D eigenvalue weighted by atomic mass is 10.1. The highest BCUT2D eigenvalue weighted by Crippen LogP contribution is 2.28. The summed E-state index contributed by atoms with van der Waals surface area (Å²) in [4.78, 5) is 11.4. The lowest BCUT2D eigenvalue weighted by Crippen LogP contribution is -2.26. The fourth-order valence-corrected chi connectivity index (χ4v) is 2.85. The van der Waals surface area contributed by atoms with Crippen LogP contribution in [0.15, 0.2) is 16.9 Å². The van der Waals surface area contributed by atoms with Crippen LogP contribution >= 0.6 is 11.6 Å². The summed E-state index contributed by atoms with van der Waals surface area (Å²) in [7, 11) is 0. The molecule has 2 atom stereocenters. The van der Waals surface area contributed by atoms with E-state index in [0.29, 0.717) is 29.3 Å². The molecule has 0 amide bonds. The largest absolute Gasteiger partial charge is 0.366 e. The number of anilines is 1. The molecular weight excluding hydrogens is 254 g/mol. The number of alkyl halides is 1. The normalized spacial score (nSPS) is 23.6. The van der Waals surface area contributed by atoms with E-state index < -0.39 is 0 Å². The Labute approximate surface area is 108 Å². The molecule has 2 aromatic heterocycles. The molecule has 0 spiro atoms. The van der Waals surface area contributed by atoms with E-state index in [0.717, 1.165) is 12.8 Å². The van der Waals surface area contributed by atoms with Gasteiger partial charge in [0.15, 0.2) is 5.65 Å². The van der Waals surface area contributed by atoms with E-state index in [1.807, 2.05) is 6.07 Å². The highest BCUT2D eigenvalue weighted by molar-refractivity contribution is 6.18. The first kappa shape index (κ1) is 11.5. The molecule has 0 aromatic carbocycles. The summed E-state index contributed by atoms with van der Waals surface area (Å²) in [6, 6.07) is 3.94. The molecule has 2 aromatic rings. The summed E-state index contributed by atoms with van der Waals surface area (Å²) < 4.78 is 1.26. The molecule has 2 heterocycles. The molecule has 1 aliphatic rings. The van der Waals surface area contributed by atoms with E-state index in [2.05, 4.69) is 20.6 Å². The average molecular weight is 268 g/mol. The first-order chi connectivity index (χ1) is 8.78.